The zero-order valence-electron chi connectivity index (χ0n) is 10.8. The molecule has 1 aliphatic carbocycles. The average molecular weight is 277 g/mol. The summed E-state index contributed by atoms with van der Waals surface area (Å²) in [5, 5.41) is 9.60. The molecule has 0 amide bonds. The van der Waals surface area contributed by atoms with Crippen molar-refractivity contribution in [3.63, 3.8) is 0 Å². The average Bonchev–Trinajstić information content (AvgIpc) is 2.94. The summed E-state index contributed by atoms with van der Waals surface area (Å²) in [5.41, 5.74) is 2.84. The van der Waals surface area contributed by atoms with Crippen molar-refractivity contribution in [2.24, 2.45) is 5.92 Å². The summed E-state index contributed by atoms with van der Waals surface area (Å²) >= 11 is 1.27. The highest BCUT2D eigenvalue weighted by molar-refractivity contribution is 7.99. The van der Waals surface area contributed by atoms with Crippen molar-refractivity contribution >= 4 is 28.9 Å². The molecule has 1 aliphatic rings. The minimum absolute atomic E-state index is 0.0312. The Labute approximate surface area is 115 Å². The molecule has 2 aromatic heterocycles. The Kier molecular flexibility index (Phi) is 2.97. The molecule has 19 heavy (non-hydrogen) atoms. The number of rotatable bonds is 4. The molecule has 100 valence electrons. The van der Waals surface area contributed by atoms with Crippen molar-refractivity contribution in [3.8, 4) is 0 Å². The molecule has 1 fully saturated rings. The number of hydrogen-bond acceptors (Lipinski definition) is 4. The van der Waals surface area contributed by atoms with Gasteiger partial charge >= 0.3 is 5.97 Å². The Hall–Kier alpha value is -1.56. The number of imidazole rings is 1. The van der Waals surface area contributed by atoms with E-state index in [1.165, 1.54) is 11.8 Å². The summed E-state index contributed by atoms with van der Waals surface area (Å²) in [7, 11) is 0. The number of nitrogens with zero attached hydrogens (tertiary/aromatic N) is 3. The van der Waals surface area contributed by atoms with Gasteiger partial charge in [-0.2, -0.15) is 0 Å². The lowest BCUT2D eigenvalue weighted by molar-refractivity contribution is -0.133. The van der Waals surface area contributed by atoms with Crippen LogP contribution in [-0.4, -0.2) is 31.4 Å². The summed E-state index contributed by atoms with van der Waals surface area (Å²) in [5.74, 6) is -0.176. The highest BCUT2D eigenvalue weighted by atomic mass is 32.2. The number of aromatic nitrogens is 3. The number of carboxylic acids is 1. The second kappa shape index (κ2) is 4.52. The van der Waals surface area contributed by atoms with E-state index in [-0.39, 0.29) is 5.75 Å². The Morgan fingerprint density at radius 2 is 2.37 bits per heavy atom. The van der Waals surface area contributed by atoms with Crippen LogP contribution in [0.25, 0.3) is 11.2 Å². The van der Waals surface area contributed by atoms with Gasteiger partial charge < -0.3 is 9.67 Å². The maximum atomic E-state index is 10.7. The summed E-state index contributed by atoms with van der Waals surface area (Å²) in [4.78, 5) is 19.7. The van der Waals surface area contributed by atoms with E-state index in [1.54, 1.807) is 6.20 Å². The molecule has 0 saturated heterocycles. The SMILES string of the molecule is Cc1ccnc2c1nc(SCC(=O)O)n2C1CC1C. The van der Waals surface area contributed by atoms with Gasteiger partial charge in [-0.15, -0.1) is 0 Å². The van der Waals surface area contributed by atoms with Gasteiger partial charge in [0.15, 0.2) is 10.8 Å². The van der Waals surface area contributed by atoms with Crippen LogP contribution < -0.4 is 0 Å². The molecule has 0 radical (unpaired) electrons. The van der Waals surface area contributed by atoms with Crippen molar-refractivity contribution in [1.29, 1.82) is 0 Å². The standard InChI is InChI=1S/C13H15N3O2S/c1-7-3-4-14-12-11(7)15-13(19-6-10(17)18)16(12)9-5-8(9)2/h3-4,8-9H,5-6H2,1-2H3,(H,17,18). The molecule has 0 aliphatic heterocycles. The second-order valence-corrected chi connectivity index (χ2v) is 5.97. The van der Waals surface area contributed by atoms with Gasteiger partial charge in [-0.1, -0.05) is 18.7 Å². The zero-order chi connectivity index (χ0) is 13.6. The maximum absolute atomic E-state index is 10.7. The Morgan fingerprint density at radius 1 is 1.63 bits per heavy atom. The maximum Gasteiger partial charge on any atom is 0.313 e. The highest BCUT2D eigenvalue weighted by Gasteiger charge is 2.37. The normalized spacial score (nSPS) is 21.8. The molecular weight excluding hydrogens is 262 g/mol. The van der Waals surface area contributed by atoms with Crippen molar-refractivity contribution in [2.75, 3.05) is 5.75 Å². The van der Waals surface area contributed by atoms with Crippen LogP contribution in [0.2, 0.25) is 0 Å². The Balaban J connectivity index is 2.08. The molecule has 0 spiro atoms. The van der Waals surface area contributed by atoms with E-state index in [9.17, 15) is 4.79 Å². The third-order valence-electron chi connectivity index (χ3n) is 3.47. The van der Waals surface area contributed by atoms with Gasteiger partial charge in [-0.25, -0.2) is 9.97 Å². The molecular formula is C13H15N3O2S. The van der Waals surface area contributed by atoms with Crippen LogP contribution >= 0.6 is 11.8 Å². The molecule has 1 N–H and O–H groups in total. The fourth-order valence-corrected chi connectivity index (χ4v) is 3.05. The van der Waals surface area contributed by atoms with E-state index in [1.807, 2.05) is 13.0 Å². The quantitative estimate of drug-likeness (QED) is 0.870. The number of pyridine rings is 1. The van der Waals surface area contributed by atoms with Crippen LogP contribution in [0.15, 0.2) is 17.4 Å². The molecule has 0 bridgehead atoms. The van der Waals surface area contributed by atoms with E-state index < -0.39 is 5.97 Å². The lowest BCUT2D eigenvalue weighted by atomic mass is 10.3. The van der Waals surface area contributed by atoms with Gasteiger partial charge in [0, 0.05) is 12.2 Å². The number of aliphatic carboxylic acids is 1. The largest absolute Gasteiger partial charge is 0.481 e. The Bertz CT molecular complexity index is 653. The molecule has 2 atom stereocenters. The van der Waals surface area contributed by atoms with E-state index in [4.69, 9.17) is 5.11 Å². The van der Waals surface area contributed by atoms with Gasteiger partial charge in [0.05, 0.1) is 5.75 Å². The fourth-order valence-electron chi connectivity index (χ4n) is 2.28. The van der Waals surface area contributed by atoms with Crippen molar-refractivity contribution in [2.45, 2.75) is 31.5 Å². The van der Waals surface area contributed by atoms with E-state index in [0.29, 0.717) is 12.0 Å². The van der Waals surface area contributed by atoms with E-state index in [0.717, 1.165) is 28.3 Å². The molecule has 3 rings (SSSR count). The molecule has 2 aromatic rings. The lowest BCUT2D eigenvalue weighted by Crippen LogP contribution is -2.03. The monoisotopic (exact) mass is 277 g/mol. The van der Waals surface area contributed by atoms with Gasteiger partial charge in [0.25, 0.3) is 0 Å². The number of aryl methyl sites for hydroxylation is 1. The lowest BCUT2D eigenvalue weighted by Gasteiger charge is -2.06. The van der Waals surface area contributed by atoms with Crippen LogP contribution in [-0.2, 0) is 4.79 Å². The highest BCUT2D eigenvalue weighted by Crippen LogP contribution is 2.46. The van der Waals surface area contributed by atoms with Crippen molar-refractivity contribution < 1.29 is 9.90 Å². The zero-order valence-corrected chi connectivity index (χ0v) is 11.6. The second-order valence-electron chi connectivity index (χ2n) is 5.03. The molecule has 2 unspecified atom stereocenters. The summed E-state index contributed by atoms with van der Waals surface area (Å²) in [6.07, 6.45) is 2.90. The topological polar surface area (TPSA) is 68.0 Å². The molecule has 5 nitrogen and oxygen atoms in total. The summed E-state index contributed by atoms with van der Waals surface area (Å²) in [6.45, 7) is 4.20. The Morgan fingerprint density at radius 3 is 3.00 bits per heavy atom. The first-order chi connectivity index (χ1) is 9.08. The third kappa shape index (κ3) is 2.20. The first-order valence-corrected chi connectivity index (χ1v) is 7.24. The molecule has 1 saturated carbocycles. The summed E-state index contributed by atoms with van der Waals surface area (Å²) in [6, 6.07) is 2.34. The van der Waals surface area contributed by atoms with E-state index in [2.05, 4.69) is 21.5 Å². The van der Waals surface area contributed by atoms with Crippen LogP contribution in [0.5, 0.6) is 0 Å². The van der Waals surface area contributed by atoms with Crippen molar-refractivity contribution in [3.05, 3.63) is 17.8 Å². The van der Waals surface area contributed by atoms with Crippen molar-refractivity contribution in [1.82, 2.24) is 14.5 Å². The first-order valence-electron chi connectivity index (χ1n) is 6.26. The van der Waals surface area contributed by atoms with Crippen LogP contribution in [0.3, 0.4) is 0 Å². The number of hydrogen-bond donors (Lipinski definition) is 1. The minimum atomic E-state index is -0.822. The first kappa shape index (κ1) is 12.5. The van der Waals surface area contributed by atoms with Crippen LogP contribution in [0.1, 0.15) is 24.9 Å². The fraction of sp³-hybridized carbons (Fsp3) is 0.462. The van der Waals surface area contributed by atoms with Gasteiger partial charge in [-0.05, 0) is 30.9 Å². The smallest absolute Gasteiger partial charge is 0.313 e. The molecule has 6 heteroatoms. The number of carbonyl (C=O) groups is 1. The van der Waals surface area contributed by atoms with Crippen LogP contribution in [0.4, 0.5) is 0 Å². The number of thioether (sulfide) groups is 1. The number of fused-ring (bicyclic) bond motifs is 1. The third-order valence-corrected chi connectivity index (χ3v) is 4.41. The predicted molar refractivity (Wildman–Crippen MR) is 73.4 cm³/mol. The van der Waals surface area contributed by atoms with Gasteiger partial charge in [0.2, 0.25) is 0 Å². The van der Waals surface area contributed by atoms with Gasteiger partial charge in [-0.3, -0.25) is 4.79 Å². The molecule has 0 aromatic carbocycles. The molecule has 2 heterocycles. The number of carboxylic acid groups (broad SMARTS) is 1. The minimum Gasteiger partial charge on any atom is -0.481 e. The van der Waals surface area contributed by atoms with Crippen LogP contribution in [0, 0.1) is 12.8 Å². The predicted octanol–water partition coefficient (Wildman–Crippen LogP) is 2.50. The summed E-state index contributed by atoms with van der Waals surface area (Å²) < 4.78 is 2.11. The van der Waals surface area contributed by atoms with Gasteiger partial charge in [0.1, 0.15) is 5.52 Å². The van der Waals surface area contributed by atoms with E-state index >= 15 is 0 Å².